The van der Waals surface area contributed by atoms with Crippen LogP contribution in [0.1, 0.15) is 27.9 Å². The molecule has 3 aromatic rings. The fourth-order valence-corrected chi connectivity index (χ4v) is 5.52. The van der Waals surface area contributed by atoms with Gasteiger partial charge in [-0.1, -0.05) is 34.9 Å². The molecule has 3 amide bonds. The second kappa shape index (κ2) is 12.8. The summed E-state index contributed by atoms with van der Waals surface area (Å²) in [7, 11) is 0.933. The lowest BCUT2D eigenvalue weighted by Crippen LogP contribution is -2.53. The second-order valence-corrected chi connectivity index (χ2v) is 11.0. The molecule has 2 unspecified atom stereocenters. The lowest BCUT2D eigenvalue weighted by molar-refractivity contribution is -0.137. The average Bonchev–Trinajstić information content (AvgIpc) is 3.76. The fourth-order valence-electron chi connectivity index (χ4n) is 3.98. The fraction of sp³-hybridized carbons (Fsp3) is 0.172. The zero-order valence-corrected chi connectivity index (χ0v) is 23.2. The number of nitrogens with one attached hydrogen (secondary N) is 2. The van der Waals surface area contributed by atoms with Gasteiger partial charge in [-0.15, -0.1) is 0 Å². The van der Waals surface area contributed by atoms with Gasteiger partial charge >= 0.3 is 12.2 Å². The predicted molar refractivity (Wildman–Crippen MR) is 156 cm³/mol. The zero-order valence-electron chi connectivity index (χ0n) is 22.4. The Kier molecular flexibility index (Phi) is 9.19. The van der Waals surface area contributed by atoms with Crippen LogP contribution >= 0.6 is 10.7 Å². The summed E-state index contributed by atoms with van der Waals surface area (Å²) in [5, 5.41) is 19.3. The van der Waals surface area contributed by atoms with E-state index in [1.54, 1.807) is 58.3 Å². The highest BCUT2D eigenvalue weighted by Gasteiger charge is 2.34. The molecule has 0 radical (unpaired) electrons. The van der Waals surface area contributed by atoms with Crippen LogP contribution < -0.4 is 15.8 Å². The molecule has 1 aliphatic heterocycles. The molecule has 0 aromatic heterocycles. The van der Waals surface area contributed by atoms with Crippen molar-refractivity contribution in [1.29, 1.82) is 5.26 Å². The number of amides is 3. The van der Waals surface area contributed by atoms with E-state index in [-0.39, 0.29) is 11.6 Å². The highest BCUT2D eigenvalue weighted by molar-refractivity contribution is 8.20. The van der Waals surface area contributed by atoms with Crippen LogP contribution in [-0.2, 0) is 6.18 Å². The van der Waals surface area contributed by atoms with E-state index >= 15 is 0 Å². The van der Waals surface area contributed by atoms with Crippen LogP contribution in [-0.4, -0.2) is 50.7 Å². The molecule has 42 heavy (non-hydrogen) atoms. The van der Waals surface area contributed by atoms with E-state index < -0.39 is 40.5 Å². The van der Waals surface area contributed by atoms with Crippen molar-refractivity contribution in [2.24, 2.45) is 0 Å². The normalized spacial score (nSPS) is 14.6. The minimum atomic E-state index is -4.66. The van der Waals surface area contributed by atoms with Gasteiger partial charge in [0.15, 0.2) is 5.88 Å². The summed E-state index contributed by atoms with van der Waals surface area (Å²) in [6.45, 7) is 3.38. The summed E-state index contributed by atoms with van der Waals surface area (Å²) >= 11 is 0. The minimum Gasteiger partial charge on any atom is -0.495 e. The van der Waals surface area contributed by atoms with Crippen molar-refractivity contribution in [3.63, 3.8) is 0 Å². The number of carbonyl (C=O) groups excluding carboxylic acids is 2. The number of aliphatic hydroxyl groups excluding tert-OH is 1. The van der Waals surface area contributed by atoms with Gasteiger partial charge in [-0.3, -0.25) is 9.10 Å². The molecule has 0 fully saturated rings. The molecule has 9 nitrogen and oxygen atoms in total. The van der Waals surface area contributed by atoms with Crippen molar-refractivity contribution < 1.29 is 27.9 Å². The van der Waals surface area contributed by atoms with E-state index in [0.717, 1.165) is 18.2 Å². The van der Waals surface area contributed by atoms with E-state index in [9.17, 15) is 27.9 Å². The van der Waals surface area contributed by atoms with E-state index in [1.165, 1.54) is 18.0 Å². The minimum absolute atomic E-state index is 0.143. The van der Waals surface area contributed by atoms with Crippen LogP contribution in [0, 0.1) is 11.3 Å². The van der Waals surface area contributed by atoms with Gasteiger partial charge in [0, 0.05) is 24.1 Å². The van der Waals surface area contributed by atoms with E-state index in [0.29, 0.717) is 33.9 Å². The zero-order chi connectivity index (χ0) is 30.4. The van der Waals surface area contributed by atoms with Crippen LogP contribution in [0.4, 0.5) is 29.3 Å². The smallest absolute Gasteiger partial charge is 0.416 e. The summed E-state index contributed by atoms with van der Waals surface area (Å²) in [5.41, 5.74) is 8.19. The second-order valence-electron chi connectivity index (χ2n) is 9.16. The Morgan fingerprint density at radius 3 is 2.40 bits per heavy atom. The van der Waals surface area contributed by atoms with Gasteiger partial charge in [0.1, 0.15) is 6.17 Å². The van der Waals surface area contributed by atoms with E-state index in [1.807, 2.05) is 12.1 Å². The topological polar surface area (TPSA) is 112 Å². The monoisotopic (exact) mass is 596 g/mol. The van der Waals surface area contributed by atoms with Crippen molar-refractivity contribution in [1.82, 2.24) is 14.6 Å². The summed E-state index contributed by atoms with van der Waals surface area (Å²) in [5.74, 6) is -0.426. The highest BCUT2D eigenvalue weighted by Crippen LogP contribution is 2.35. The maximum absolute atomic E-state index is 13.6. The molecular formula is C29H27F3N6O3S. The van der Waals surface area contributed by atoms with Gasteiger partial charge in [0.25, 0.3) is 5.91 Å². The first-order valence-corrected chi connectivity index (χ1v) is 14.0. The van der Waals surface area contributed by atoms with Crippen LogP contribution in [0.25, 0.3) is 0 Å². The quantitative estimate of drug-likeness (QED) is 0.116. The van der Waals surface area contributed by atoms with Gasteiger partial charge in [0.2, 0.25) is 0 Å². The number of benzene rings is 3. The molecule has 13 heteroatoms. The first-order chi connectivity index (χ1) is 20.0. The van der Waals surface area contributed by atoms with Crippen LogP contribution in [0.3, 0.4) is 0 Å². The number of nitrogens with zero attached hydrogens (tertiary/aromatic N) is 4. The summed E-state index contributed by atoms with van der Waals surface area (Å²) < 4.78 is 41.6. The van der Waals surface area contributed by atoms with Crippen molar-refractivity contribution >= 4 is 39.5 Å². The Morgan fingerprint density at radius 1 is 1.10 bits per heavy atom. The number of alkyl halides is 3. The summed E-state index contributed by atoms with van der Waals surface area (Å²) in [6, 6.07) is 20.5. The predicted octanol–water partition coefficient (Wildman–Crippen LogP) is 5.90. The van der Waals surface area contributed by atoms with E-state index in [4.69, 9.17) is 5.26 Å². The number of urea groups is 1. The third-order valence-corrected chi connectivity index (χ3v) is 7.96. The molecule has 0 bridgehead atoms. The number of aliphatic hydroxyl groups is 1. The standard InChI is InChI=1S/C29H27F3N6O3S/c1-20(39)38(25-10-6-9-23(17-25)29(30,31)32)28(41)36(2)26(35-34-24-13-11-21(18-33)12-14-24)15-16-42-19-37(42)27(40)22-7-4-3-5-8-22/h3-14,17,19,26,34-35,39H,1,15-16H2,2H3. The molecule has 0 saturated carbocycles. The van der Waals surface area contributed by atoms with Gasteiger partial charge < -0.3 is 15.4 Å². The maximum atomic E-state index is 13.6. The average molecular weight is 597 g/mol. The molecule has 2 atom stereocenters. The van der Waals surface area contributed by atoms with Crippen molar-refractivity contribution in [2.75, 3.05) is 23.1 Å². The third kappa shape index (κ3) is 7.28. The molecule has 3 N–H and O–H groups in total. The maximum Gasteiger partial charge on any atom is 0.416 e. The molecule has 1 aliphatic rings. The molecule has 0 aliphatic carbocycles. The lowest BCUT2D eigenvalue weighted by Gasteiger charge is -2.33. The Hall–Kier alpha value is -4.80. The Labute approximate surface area is 243 Å². The van der Waals surface area contributed by atoms with Gasteiger partial charge in [0.05, 0.1) is 28.4 Å². The Bertz CT molecular complexity index is 1540. The Balaban J connectivity index is 1.51. The number of hydrogen-bond acceptors (Lipinski definition) is 6. The first kappa shape index (κ1) is 30.2. The SMILES string of the molecule is C=C(O)N(C(=O)N(C)C(CCS1=CN1C(=O)c1ccccc1)NNc1ccc(C#N)cc1)c1cccc(C(F)(F)F)c1. The largest absolute Gasteiger partial charge is 0.495 e. The molecule has 218 valence electrons. The highest BCUT2D eigenvalue weighted by atomic mass is 32.2. The van der Waals surface area contributed by atoms with Crippen molar-refractivity contribution in [3.05, 3.63) is 108 Å². The molecule has 4 rings (SSSR count). The first-order valence-electron chi connectivity index (χ1n) is 12.6. The molecule has 0 saturated heterocycles. The van der Waals surface area contributed by atoms with Gasteiger partial charge in [-0.05, 0) is 67.6 Å². The number of hydrazine groups is 1. The molecular weight excluding hydrogens is 569 g/mol. The van der Waals surface area contributed by atoms with Crippen LogP contribution in [0.5, 0.6) is 0 Å². The van der Waals surface area contributed by atoms with Crippen LogP contribution in [0.15, 0.2) is 91.3 Å². The summed E-state index contributed by atoms with van der Waals surface area (Å²) in [4.78, 5) is 28.2. The molecule has 3 aromatic carbocycles. The van der Waals surface area contributed by atoms with Gasteiger partial charge in [-0.2, -0.15) is 18.4 Å². The lowest BCUT2D eigenvalue weighted by atomic mass is 10.2. The third-order valence-electron chi connectivity index (χ3n) is 6.29. The summed E-state index contributed by atoms with van der Waals surface area (Å²) in [6.07, 6.45) is -5.10. The van der Waals surface area contributed by atoms with E-state index in [2.05, 4.69) is 17.4 Å². The number of rotatable bonds is 10. The molecule has 1 heterocycles. The van der Waals surface area contributed by atoms with Crippen molar-refractivity contribution in [2.45, 2.75) is 18.8 Å². The Morgan fingerprint density at radius 2 is 1.79 bits per heavy atom. The van der Waals surface area contributed by atoms with Gasteiger partial charge in [-0.25, -0.2) is 15.1 Å². The number of anilines is 2. The molecule has 0 spiro atoms. The van der Waals surface area contributed by atoms with Crippen LogP contribution in [0.2, 0.25) is 0 Å². The number of carbonyl (C=O) groups is 2. The number of halogens is 3. The van der Waals surface area contributed by atoms with Crippen molar-refractivity contribution in [3.8, 4) is 6.07 Å². The number of nitriles is 1. The number of hydrogen-bond donors (Lipinski definition) is 3.